The highest BCUT2D eigenvalue weighted by Gasteiger charge is 2.30. The Morgan fingerprint density at radius 1 is 0.511 bits per heavy atom. The lowest BCUT2D eigenvalue weighted by Crippen LogP contribution is -2.13. The molecule has 1 atom stereocenters. The van der Waals surface area contributed by atoms with Gasteiger partial charge in [0, 0.05) is 22.3 Å². The van der Waals surface area contributed by atoms with Gasteiger partial charge in [0.2, 0.25) is 0 Å². The molecule has 0 spiro atoms. The molecule has 6 rings (SSSR count). The molecule has 0 aliphatic heterocycles. The number of nitrogens with zero attached hydrogens (tertiary/aromatic N) is 7. The average Bonchev–Trinajstić information content (AvgIpc) is 3.49. The average molecular weight is 600 g/mol. The smallest absolute Gasteiger partial charge is 0.136 e. The first-order valence-corrected chi connectivity index (χ1v) is 14.1. The summed E-state index contributed by atoms with van der Waals surface area (Å²) in [5, 5.41) is 72.6. The van der Waals surface area contributed by atoms with Gasteiger partial charge in [-0.05, 0) is 89.3 Å². The molecule has 1 aromatic heterocycles. The van der Waals surface area contributed by atoms with Gasteiger partial charge < -0.3 is 4.42 Å². The van der Waals surface area contributed by atoms with E-state index >= 15 is 0 Å². The van der Waals surface area contributed by atoms with E-state index in [1.807, 2.05) is 48.5 Å². The summed E-state index contributed by atoms with van der Waals surface area (Å²) in [6.45, 7) is 1.71. The summed E-state index contributed by atoms with van der Waals surface area (Å²) in [6.07, 6.45) is 0. The molecule has 1 unspecified atom stereocenters. The van der Waals surface area contributed by atoms with Crippen LogP contribution in [-0.2, 0) is 0 Å². The maximum Gasteiger partial charge on any atom is 0.136 e. The van der Waals surface area contributed by atoms with Crippen LogP contribution in [0.1, 0.15) is 67.1 Å². The van der Waals surface area contributed by atoms with E-state index in [1.165, 1.54) is 18.2 Å². The zero-order chi connectivity index (χ0) is 33.2. The highest BCUT2D eigenvalue weighted by atomic mass is 16.3. The van der Waals surface area contributed by atoms with Crippen LogP contribution >= 0.6 is 0 Å². The Balaban J connectivity index is 1.68. The van der Waals surface area contributed by atoms with E-state index in [9.17, 15) is 36.8 Å². The maximum atomic E-state index is 10.5. The summed E-state index contributed by atoms with van der Waals surface area (Å²) in [5.41, 5.74) is 4.55. The Labute approximate surface area is 269 Å². The topological polar surface area (TPSA) is 180 Å². The lowest BCUT2D eigenvalue weighted by atomic mass is 9.75. The van der Waals surface area contributed by atoms with Crippen molar-refractivity contribution in [2.24, 2.45) is 0 Å². The molecular weight excluding hydrogens is 582 g/mol. The molecule has 1 heterocycles. The van der Waals surface area contributed by atoms with Crippen LogP contribution in [0.25, 0.3) is 33.1 Å². The van der Waals surface area contributed by atoms with E-state index in [-0.39, 0.29) is 44.5 Å². The van der Waals surface area contributed by atoms with Crippen LogP contribution < -0.4 is 0 Å². The predicted octanol–water partition coefficient (Wildman–Crippen LogP) is 7.84. The maximum absolute atomic E-state index is 10.5. The molecule has 0 aliphatic rings. The van der Waals surface area contributed by atoms with Crippen molar-refractivity contribution < 1.29 is 4.42 Å². The number of nitriles is 7. The van der Waals surface area contributed by atoms with Gasteiger partial charge in [-0.2, -0.15) is 36.8 Å². The second kappa shape index (κ2) is 11.8. The second-order valence-electron chi connectivity index (χ2n) is 10.8. The lowest BCUT2D eigenvalue weighted by Gasteiger charge is -2.25. The normalized spacial score (nSPS) is 10.9. The molecule has 0 aliphatic carbocycles. The number of fused-ring (bicyclic) bond motifs is 3. The van der Waals surface area contributed by atoms with Gasteiger partial charge in [-0.1, -0.05) is 24.3 Å². The molecule has 8 nitrogen and oxygen atoms in total. The lowest BCUT2D eigenvalue weighted by molar-refractivity contribution is 0.669. The number of hydrogen-bond donors (Lipinski definition) is 0. The number of hydrogen-bond acceptors (Lipinski definition) is 8. The summed E-state index contributed by atoms with van der Waals surface area (Å²) in [7, 11) is 0. The van der Waals surface area contributed by atoms with Gasteiger partial charge in [0.25, 0.3) is 0 Å². The molecule has 0 bridgehead atoms. The summed E-state index contributed by atoms with van der Waals surface area (Å²) in [4.78, 5) is 0. The van der Waals surface area contributed by atoms with Gasteiger partial charge in [-0.25, -0.2) is 0 Å². The molecular formula is C39H17N7O. The van der Waals surface area contributed by atoms with Gasteiger partial charge in [0.1, 0.15) is 11.2 Å². The summed E-state index contributed by atoms with van der Waals surface area (Å²) >= 11 is 0. The molecule has 0 fully saturated rings. The number of para-hydroxylation sites is 1. The van der Waals surface area contributed by atoms with Crippen LogP contribution in [0.2, 0.25) is 0 Å². The van der Waals surface area contributed by atoms with Crippen LogP contribution in [-0.4, -0.2) is 0 Å². The fraction of sp³-hybridized carbons (Fsp3) is 0.0513. The minimum Gasteiger partial charge on any atom is -0.456 e. The fourth-order valence-corrected chi connectivity index (χ4v) is 6.23. The molecule has 0 N–H and O–H groups in total. The Morgan fingerprint density at radius 3 is 1.62 bits per heavy atom. The van der Waals surface area contributed by atoms with E-state index in [0.717, 1.165) is 10.8 Å². The van der Waals surface area contributed by atoms with E-state index in [0.29, 0.717) is 39.0 Å². The van der Waals surface area contributed by atoms with Crippen molar-refractivity contribution in [3.05, 3.63) is 140 Å². The van der Waals surface area contributed by atoms with Crippen molar-refractivity contribution in [1.82, 2.24) is 0 Å². The monoisotopic (exact) mass is 599 g/mol. The molecule has 6 aromatic rings. The Kier molecular flexibility index (Phi) is 7.37. The molecule has 0 saturated heterocycles. The number of rotatable bonds is 4. The largest absolute Gasteiger partial charge is 0.456 e. The van der Waals surface area contributed by atoms with Gasteiger partial charge in [-0.3, -0.25) is 0 Å². The van der Waals surface area contributed by atoms with Gasteiger partial charge in [0.05, 0.1) is 81.4 Å². The van der Waals surface area contributed by atoms with Crippen LogP contribution in [0, 0.1) is 86.2 Å². The quantitative estimate of drug-likeness (QED) is 0.184. The minimum absolute atomic E-state index is 0.0229. The van der Waals surface area contributed by atoms with Crippen LogP contribution in [0.15, 0.2) is 83.3 Å². The number of benzene rings is 5. The Hall–Kier alpha value is -7.67. The number of furan rings is 1. The third-order valence-electron chi connectivity index (χ3n) is 8.17. The third-order valence-corrected chi connectivity index (χ3v) is 8.17. The Bertz CT molecular complexity index is 2560. The molecule has 5 aromatic carbocycles. The molecule has 0 saturated carbocycles. The van der Waals surface area contributed by atoms with Crippen LogP contribution in [0.3, 0.4) is 0 Å². The molecule has 47 heavy (non-hydrogen) atoms. The summed E-state index contributed by atoms with van der Waals surface area (Å²) in [5.74, 6) is -1.000. The van der Waals surface area contributed by atoms with Gasteiger partial charge >= 0.3 is 0 Å². The third kappa shape index (κ3) is 4.83. The van der Waals surface area contributed by atoms with E-state index < -0.39 is 5.92 Å². The highest BCUT2D eigenvalue weighted by molar-refractivity contribution is 6.06. The van der Waals surface area contributed by atoms with Crippen molar-refractivity contribution in [2.75, 3.05) is 0 Å². The summed E-state index contributed by atoms with van der Waals surface area (Å²) in [6, 6.07) is 36.8. The highest BCUT2D eigenvalue weighted by Crippen LogP contribution is 2.43. The fourth-order valence-electron chi connectivity index (χ4n) is 6.23. The van der Waals surface area contributed by atoms with Crippen molar-refractivity contribution in [3.63, 3.8) is 0 Å². The Morgan fingerprint density at radius 2 is 1.04 bits per heavy atom. The van der Waals surface area contributed by atoms with Crippen LogP contribution in [0.4, 0.5) is 0 Å². The molecule has 8 heteroatoms. The van der Waals surface area contributed by atoms with E-state index in [4.69, 9.17) is 4.42 Å². The minimum atomic E-state index is -1.000. The zero-order valence-corrected chi connectivity index (χ0v) is 24.6. The first-order valence-electron chi connectivity index (χ1n) is 14.1. The SMILES string of the molecule is Cc1cc(C#N)cc(C#N)c1C(c1cc(C#N)c(-c2ccc3c(c2)oc2ccccc23)c(C#N)c1)c1c(C#N)cc(C#N)cc1C#N. The second-order valence-corrected chi connectivity index (χ2v) is 10.8. The first-order chi connectivity index (χ1) is 22.9. The molecule has 0 amide bonds. The van der Waals surface area contributed by atoms with Crippen molar-refractivity contribution >= 4 is 21.9 Å². The van der Waals surface area contributed by atoms with Crippen molar-refractivity contribution in [1.29, 1.82) is 36.8 Å². The zero-order valence-electron chi connectivity index (χ0n) is 24.6. The first kappa shape index (κ1) is 29.4. The van der Waals surface area contributed by atoms with E-state index in [1.54, 1.807) is 31.2 Å². The van der Waals surface area contributed by atoms with Crippen molar-refractivity contribution in [3.8, 4) is 53.6 Å². The summed E-state index contributed by atoms with van der Waals surface area (Å²) < 4.78 is 6.06. The molecule has 0 radical (unpaired) electrons. The number of aryl methyl sites for hydroxylation is 1. The standard InChI is InChI=1S/C39H17N7O/c1-22-8-23(15-40)9-27(17-42)36(22)39(38-28(18-43)10-24(16-41)11-29(38)19-44)26-12-30(20-45)37(31(13-26)21-46)25-6-7-33-32-4-2-3-5-34(32)47-35(33)14-25/h2-14,39H,1H3. The van der Waals surface area contributed by atoms with E-state index in [2.05, 4.69) is 30.3 Å². The predicted molar refractivity (Wildman–Crippen MR) is 171 cm³/mol. The molecule has 214 valence electrons. The van der Waals surface area contributed by atoms with Gasteiger partial charge in [-0.15, -0.1) is 0 Å². The van der Waals surface area contributed by atoms with Crippen molar-refractivity contribution in [2.45, 2.75) is 12.8 Å². The van der Waals surface area contributed by atoms with Gasteiger partial charge in [0.15, 0.2) is 0 Å². The van der Waals surface area contributed by atoms with Crippen LogP contribution in [0.5, 0.6) is 0 Å².